The fraction of sp³-hybridized carbons (Fsp3) is 0.250. The Morgan fingerprint density at radius 3 is 2.50 bits per heavy atom. The van der Waals surface area contributed by atoms with E-state index < -0.39 is 17.2 Å². The zero-order valence-electron chi connectivity index (χ0n) is 11.9. The molecule has 0 aliphatic carbocycles. The zero-order chi connectivity index (χ0) is 16.4. The van der Waals surface area contributed by atoms with E-state index in [9.17, 15) is 18.4 Å². The largest absolute Gasteiger partial charge is 0.416 e. The average Bonchev–Trinajstić information content (AvgIpc) is 2.47. The Morgan fingerprint density at radius 1 is 1.27 bits per heavy atom. The molecule has 2 rings (SSSR count). The minimum atomic E-state index is -4.46. The van der Waals surface area contributed by atoms with E-state index >= 15 is 0 Å². The maximum atomic E-state index is 12.7. The predicted molar refractivity (Wildman–Crippen MR) is 76.8 cm³/mol. The molecule has 0 spiro atoms. The van der Waals surface area contributed by atoms with Crippen molar-refractivity contribution in [3.63, 3.8) is 0 Å². The van der Waals surface area contributed by atoms with Crippen LogP contribution in [-0.4, -0.2) is 4.98 Å². The molecule has 0 bridgehead atoms. The second-order valence-corrected chi connectivity index (χ2v) is 5.28. The summed E-state index contributed by atoms with van der Waals surface area (Å²) in [5, 5.41) is 9.51. The van der Waals surface area contributed by atoms with Gasteiger partial charge in [-0.05, 0) is 42.7 Å². The van der Waals surface area contributed by atoms with Crippen LogP contribution in [0.1, 0.15) is 23.6 Å². The molecular formula is C16H14F3N3. The fourth-order valence-corrected chi connectivity index (χ4v) is 2.35. The minimum Gasteiger partial charge on any atom is -0.398 e. The lowest BCUT2D eigenvalue weighted by molar-refractivity contribution is -0.137. The van der Waals surface area contributed by atoms with Gasteiger partial charge in [-0.25, -0.2) is 0 Å². The number of nitrogen functional groups attached to an aromatic ring is 1. The van der Waals surface area contributed by atoms with Crippen LogP contribution in [0.3, 0.4) is 0 Å². The number of pyridine rings is 1. The lowest BCUT2D eigenvalue weighted by atomic mass is 9.78. The van der Waals surface area contributed by atoms with Crippen molar-refractivity contribution in [3.05, 3.63) is 59.4 Å². The van der Waals surface area contributed by atoms with Gasteiger partial charge in [0, 0.05) is 18.1 Å². The molecule has 3 nitrogen and oxygen atoms in total. The molecule has 0 aliphatic heterocycles. The van der Waals surface area contributed by atoms with Crippen molar-refractivity contribution in [2.75, 3.05) is 5.73 Å². The topological polar surface area (TPSA) is 62.7 Å². The van der Waals surface area contributed by atoms with Crippen molar-refractivity contribution in [3.8, 4) is 6.07 Å². The van der Waals surface area contributed by atoms with E-state index in [1.807, 2.05) is 6.07 Å². The number of nitrogens with two attached hydrogens (primary N) is 1. The number of hydrogen-bond donors (Lipinski definition) is 1. The molecule has 0 saturated carbocycles. The number of anilines is 1. The second-order valence-electron chi connectivity index (χ2n) is 5.28. The van der Waals surface area contributed by atoms with Gasteiger partial charge in [0.05, 0.1) is 17.0 Å². The lowest BCUT2D eigenvalue weighted by Gasteiger charge is -2.24. The quantitative estimate of drug-likeness (QED) is 0.879. The summed E-state index contributed by atoms with van der Waals surface area (Å²) in [4.78, 5) is 3.98. The molecule has 22 heavy (non-hydrogen) atoms. The van der Waals surface area contributed by atoms with E-state index in [0.717, 1.165) is 17.7 Å². The number of rotatable bonds is 3. The molecule has 0 aliphatic rings. The molecule has 2 N–H and O–H groups in total. The predicted octanol–water partition coefficient (Wildman–Crippen LogP) is 3.71. The summed E-state index contributed by atoms with van der Waals surface area (Å²) >= 11 is 0. The van der Waals surface area contributed by atoms with Crippen LogP contribution >= 0.6 is 0 Å². The highest BCUT2D eigenvalue weighted by atomic mass is 19.4. The van der Waals surface area contributed by atoms with Crippen LogP contribution in [0.5, 0.6) is 0 Å². The lowest BCUT2D eigenvalue weighted by Crippen LogP contribution is -2.25. The van der Waals surface area contributed by atoms with Crippen molar-refractivity contribution in [2.45, 2.75) is 24.9 Å². The van der Waals surface area contributed by atoms with Gasteiger partial charge in [0.15, 0.2) is 0 Å². The van der Waals surface area contributed by atoms with Gasteiger partial charge in [-0.15, -0.1) is 0 Å². The molecule has 2 aromatic rings. The van der Waals surface area contributed by atoms with E-state index in [4.69, 9.17) is 5.73 Å². The molecule has 0 saturated heterocycles. The summed E-state index contributed by atoms with van der Waals surface area (Å²) in [7, 11) is 0. The van der Waals surface area contributed by atoms with E-state index in [1.54, 1.807) is 25.4 Å². The number of benzene rings is 1. The zero-order valence-corrected chi connectivity index (χ0v) is 11.9. The minimum absolute atomic E-state index is 0.0391. The smallest absolute Gasteiger partial charge is 0.398 e. The Balaban J connectivity index is 2.41. The van der Waals surface area contributed by atoms with Crippen LogP contribution in [0.25, 0.3) is 0 Å². The first kappa shape index (κ1) is 15.8. The van der Waals surface area contributed by atoms with Crippen molar-refractivity contribution >= 4 is 5.69 Å². The molecule has 1 aromatic heterocycles. The monoisotopic (exact) mass is 305 g/mol. The molecule has 6 heteroatoms. The highest BCUT2D eigenvalue weighted by molar-refractivity contribution is 5.56. The summed E-state index contributed by atoms with van der Waals surface area (Å²) in [6, 6.07) is 8.79. The van der Waals surface area contributed by atoms with E-state index in [1.165, 1.54) is 6.07 Å². The second kappa shape index (κ2) is 5.68. The number of nitrogens with zero attached hydrogens (tertiary/aromatic N) is 2. The van der Waals surface area contributed by atoms with Gasteiger partial charge < -0.3 is 5.73 Å². The average molecular weight is 305 g/mol. The molecule has 1 unspecified atom stereocenters. The molecule has 1 aromatic carbocycles. The fourth-order valence-electron chi connectivity index (χ4n) is 2.35. The van der Waals surface area contributed by atoms with Gasteiger partial charge in [-0.1, -0.05) is 12.1 Å². The summed E-state index contributed by atoms with van der Waals surface area (Å²) in [5.41, 5.74) is 5.07. The molecular weight excluding hydrogens is 291 g/mol. The van der Waals surface area contributed by atoms with Crippen LogP contribution < -0.4 is 5.73 Å². The van der Waals surface area contributed by atoms with Gasteiger partial charge in [-0.3, -0.25) is 4.98 Å². The van der Waals surface area contributed by atoms with Crippen molar-refractivity contribution < 1.29 is 13.2 Å². The van der Waals surface area contributed by atoms with Crippen LogP contribution in [0, 0.1) is 11.3 Å². The first-order chi connectivity index (χ1) is 10.3. The first-order valence-electron chi connectivity index (χ1n) is 6.53. The number of hydrogen-bond acceptors (Lipinski definition) is 3. The SMILES string of the molecule is CC(C#N)(Cc1cccnc1)c1ccc(C(F)(F)F)cc1N. The van der Waals surface area contributed by atoms with Crippen LogP contribution in [0.2, 0.25) is 0 Å². The van der Waals surface area contributed by atoms with Crippen LogP contribution in [-0.2, 0) is 18.0 Å². The normalized spacial score (nSPS) is 14.1. The van der Waals surface area contributed by atoms with E-state index in [2.05, 4.69) is 11.1 Å². The highest BCUT2D eigenvalue weighted by Crippen LogP contribution is 2.36. The van der Waals surface area contributed by atoms with Gasteiger partial charge in [0.1, 0.15) is 0 Å². The Hall–Kier alpha value is -2.55. The molecule has 0 fully saturated rings. The van der Waals surface area contributed by atoms with Gasteiger partial charge >= 0.3 is 6.18 Å². The summed E-state index contributed by atoms with van der Waals surface area (Å²) in [6.07, 6.45) is -0.915. The van der Waals surface area contributed by atoms with E-state index in [-0.39, 0.29) is 5.69 Å². The summed E-state index contributed by atoms with van der Waals surface area (Å²) < 4.78 is 38.1. The van der Waals surface area contributed by atoms with Crippen LogP contribution in [0.4, 0.5) is 18.9 Å². The molecule has 114 valence electrons. The number of alkyl halides is 3. The Labute approximate surface area is 126 Å². The van der Waals surface area contributed by atoms with Crippen molar-refractivity contribution in [1.82, 2.24) is 4.98 Å². The molecule has 1 heterocycles. The van der Waals surface area contributed by atoms with Gasteiger partial charge in [0.25, 0.3) is 0 Å². The summed E-state index contributed by atoms with van der Waals surface area (Å²) in [5.74, 6) is 0. The Bertz CT molecular complexity index is 705. The summed E-state index contributed by atoms with van der Waals surface area (Å²) in [6.45, 7) is 1.65. The standard InChI is InChI=1S/C16H14F3N3/c1-15(10-20,8-11-3-2-6-22-9-11)13-5-4-12(7-14(13)21)16(17,18)19/h2-7,9H,8,21H2,1H3. The molecule has 0 radical (unpaired) electrons. The molecule has 1 atom stereocenters. The maximum Gasteiger partial charge on any atom is 0.416 e. The third-order valence-corrected chi connectivity index (χ3v) is 3.50. The first-order valence-corrected chi connectivity index (χ1v) is 6.53. The third kappa shape index (κ3) is 3.19. The third-order valence-electron chi connectivity index (χ3n) is 3.50. The van der Waals surface area contributed by atoms with Gasteiger partial charge in [-0.2, -0.15) is 18.4 Å². The number of halogens is 3. The van der Waals surface area contributed by atoms with Crippen molar-refractivity contribution in [1.29, 1.82) is 5.26 Å². The van der Waals surface area contributed by atoms with Crippen molar-refractivity contribution in [2.24, 2.45) is 0 Å². The highest BCUT2D eigenvalue weighted by Gasteiger charge is 2.34. The number of nitriles is 1. The van der Waals surface area contributed by atoms with Crippen LogP contribution in [0.15, 0.2) is 42.7 Å². The Kier molecular flexibility index (Phi) is 4.09. The Morgan fingerprint density at radius 2 is 2.00 bits per heavy atom. The molecule has 0 amide bonds. The maximum absolute atomic E-state index is 12.7. The number of aromatic nitrogens is 1. The van der Waals surface area contributed by atoms with Gasteiger partial charge in [0.2, 0.25) is 0 Å². The van der Waals surface area contributed by atoms with E-state index in [0.29, 0.717) is 12.0 Å².